The Hall–Kier alpha value is -2.83. The SMILES string of the molecule is CCCCn1c(-c2ccc(OC)cc2)nc2c1c(=O)[nH]c(=O)n2CCC. The smallest absolute Gasteiger partial charge is 0.330 e. The third-order valence-electron chi connectivity index (χ3n) is 4.42. The summed E-state index contributed by atoms with van der Waals surface area (Å²) in [7, 11) is 1.62. The highest BCUT2D eigenvalue weighted by molar-refractivity contribution is 5.77. The Morgan fingerprint density at radius 3 is 2.38 bits per heavy atom. The van der Waals surface area contributed by atoms with Crippen LogP contribution in [0, 0.1) is 0 Å². The average Bonchev–Trinajstić information content (AvgIpc) is 3.03. The van der Waals surface area contributed by atoms with E-state index in [-0.39, 0.29) is 5.56 Å². The number of ether oxygens (including phenoxy) is 1. The molecule has 0 amide bonds. The number of rotatable bonds is 7. The number of hydrogen-bond donors (Lipinski definition) is 1. The van der Waals surface area contributed by atoms with E-state index in [4.69, 9.17) is 9.72 Å². The molecule has 0 aliphatic rings. The molecule has 2 heterocycles. The summed E-state index contributed by atoms with van der Waals surface area (Å²) < 4.78 is 8.69. The molecule has 0 atom stereocenters. The van der Waals surface area contributed by atoms with Gasteiger partial charge in [-0.25, -0.2) is 9.78 Å². The zero-order valence-electron chi connectivity index (χ0n) is 15.4. The Bertz CT molecular complexity index is 1010. The molecule has 7 nitrogen and oxygen atoms in total. The minimum Gasteiger partial charge on any atom is -0.497 e. The summed E-state index contributed by atoms with van der Waals surface area (Å²) in [4.78, 5) is 31.9. The van der Waals surface area contributed by atoms with Gasteiger partial charge >= 0.3 is 5.69 Å². The van der Waals surface area contributed by atoms with E-state index in [1.54, 1.807) is 11.7 Å². The monoisotopic (exact) mass is 356 g/mol. The van der Waals surface area contributed by atoms with Crippen LogP contribution in [0.2, 0.25) is 0 Å². The molecule has 0 saturated heterocycles. The number of nitrogens with one attached hydrogen (secondary N) is 1. The Morgan fingerprint density at radius 2 is 1.77 bits per heavy atom. The lowest BCUT2D eigenvalue weighted by Crippen LogP contribution is -2.31. The van der Waals surface area contributed by atoms with Crippen molar-refractivity contribution in [2.45, 2.75) is 46.2 Å². The number of aryl methyl sites for hydroxylation is 2. The number of unbranched alkanes of at least 4 members (excludes halogenated alkanes) is 1. The normalized spacial score (nSPS) is 11.2. The van der Waals surface area contributed by atoms with Gasteiger partial charge in [0.2, 0.25) is 0 Å². The molecule has 0 spiro atoms. The van der Waals surface area contributed by atoms with Crippen molar-refractivity contribution in [3.8, 4) is 17.1 Å². The van der Waals surface area contributed by atoms with Gasteiger partial charge in [-0.05, 0) is 37.1 Å². The molecule has 0 bridgehead atoms. The maximum absolute atomic E-state index is 12.5. The Balaban J connectivity index is 2.29. The molecular formula is C19H24N4O3. The maximum Gasteiger partial charge on any atom is 0.330 e. The first kappa shape index (κ1) is 18.0. The Kier molecular flexibility index (Phi) is 5.25. The number of H-pyrrole nitrogens is 1. The lowest BCUT2D eigenvalue weighted by Gasteiger charge is -2.09. The number of aromatic nitrogens is 4. The van der Waals surface area contributed by atoms with Crippen molar-refractivity contribution in [3.05, 3.63) is 45.1 Å². The van der Waals surface area contributed by atoms with Crippen LogP contribution in [-0.4, -0.2) is 26.2 Å². The van der Waals surface area contributed by atoms with Crippen LogP contribution in [-0.2, 0) is 13.1 Å². The number of imidazole rings is 1. The minimum atomic E-state index is -0.411. The molecule has 0 aliphatic carbocycles. The maximum atomic E-state index is 12.5. The van der Waals surface area contributed by atoms with E-state index in [1.807, 2.05) is 35.8 Å². The number of hydrogen-bond acceptors (Lipinski definition) is 4. The molecule has 0 aliphatic heterocycles. The van der Waals surface area contributed by atoms with Gasteiger partial charge in [0.1, 0.15) is 11.6 Å². The predicted octanol–water partition coefficient (Wildman–Crippen LogP) is 2.77. The van der Waals surface area contributed by atoms with E-state index in [2.05, 4.69) is 11.9 Å². The molecule has 3 aromatic rings. The number of methoxy groups -OCH3 is 1. The van der Waals surface area contributed by atoms with Crippen molar-refractivity contribution >= 4 is 11.2 Å². The molecular weight excluding hydrogens is 332 g/mol. The van der Waals surface area contributed by atoms with Gasteiger partial charge in [-0.3, -0.25) is 14.3 Å². The third kappa shape index (κ3) is 3.16. The van der Waals surface area contributed by atoms with E-state index in [0.717, 1.165) is 30.6 Å². The third-order valence-corrected chi connectivity index (χ3v) is 4.42. The molecule has 0 unspecified atom stereocenters. The van der Waals surface area contributed by atoms with Crippen LogP contribution in [0.5, 0.6) is 5.75 Å². The number of aromatic amines is 1. The van der Waals surface area contributed by atoms with Gasteiger partial charge in [-0.1, -0.05) is 20.3 Å². The fourth-order valence-corrected chi connectivity index (χ4v) is 3.10. The molecule has 2 aromatic heterocycles. The van der Waals surface area contributed by atoms with Crippen molar-refractivity contribution in [2.75, 3.05) is 7.11 Å². The highest BCUT2D eigenvalue weighted by Crippen LogP contribution is 2.25. The molecule has 0 fully saturated rings. The molecule has 0 saturated carbocycles. The highest BCUT2D eigenvalue weighted by atomic mass is 16.5. The second kappa shape index (κ2) is 7.59. The summed E-state index contributed by atoms with van der Waals surface area (Å²) in [5, 5.41) is 0. The van der Waals surface area contributed by atoms with Gasteiger partial charge in [0.15, 0.2) is 11.2 Å². The van der Waals surface area contributed by atoms with Crippen LogP contribution in [0.4, 0.5) is 0 Å². The van der Waals surface area contributed by atoms with Gasteiger partial charge in [0.25, 0.3) is 5.56 Å². The van der Waals surface area contributed by atoms with Crippen molar-refractivity contribution < 1.29 is 4.74 Å². The molecule has 3 rings (SSSR count). The van der Waals surface area contributed by atoms with Crippen LogP contribution in [0.1, 0.15) is 33.1 Å². The topological polar surface area (TPSA) is 81.9 Å². The summed E-state index contributed by atoms with van der Waals surface area (Å²) in [5.74, 6) is 1.45. The fraction of sp³-hybridized carbons (Fsp3) is 0.421. The van der Waals surface area contributed by atoms with E-state index in [0.29, 0.717) is 30.1 Å². The van der Waals surface area contributed by atoms with E-state index < -0.39 is 5.69 Å². The highest BCUT2D eigenvalue weighted by Gasteiger charge is 2.19. The summed E-state index contributed by atoms with van der Waals surface area (Å²) in [6.45, 7) is 5.27. The van der Waals surface area contributed by atoms with Crippen LogP contribution in [0.25, 0.3) is 22.6 Å². The first-order chi connectivity index (χ1) is 12.6. The largest absolute Gasteiger partial charge is 0.497 e. The number of nitrogens with zero attached hydrogens (tertiary/aromatic N) is 3. The van der Waals surface area contributed by atoms with Crippen molar-refractivity contribution in [3.63, 3.8) is 0 Å². The lowest BCUT2D eigenvalue weighted by molar-refractivity contribution is 0.415. The summed E-state index contributed by atoms with van der Waals surface area (Å²) in [5.41, 5.74) is 0.985. The van der Waals surface area contributed by atoms with Crippen LogP contribution < -0.4 is 16.0 Å². The molecule has 138 valence electrons. The molecule has 1 N–H and O–H groups in total. The Labute approximate surface area is 151 Å². The zero-order chi connectivity index (χ0) is 18.7. The summed E-state index contributed by atoms with van der Waals surface area (Å²) >= 11 is 0. The van der Waals surface area contributed by atoms with Crippen LogP contribution in [0.3, 0.4) is 0 Å². The summed E-state index contributed by atoms with van der Waals surface area (Å²) in [6.07, 6.45) is 2.69. The van der Waals surface area contributed by atoms with Gasteiger partial charge in [0.05, 0.1) is 7.11 Å². The summed E-state index contributed by atoms with van der Waals surface area (Å²) in [6, 6.07) is 7.56. The fourth-order valence-electron chi connectivity index (χ4n) is 3.10. The standard InChI is InChI=1S/C19H24N4O3/c1-4-6-12-22-15-17(23(11-5-2)19(25)21-18(15)24)20-16(22)13-7-9-14(26-3)10-8-13/h7-10H,4-6,11-12H2,1-3H3,(H,21,24,25). The second-order valence-corrected chi connectivity index (χ2v) is 6.25. The van der Waals surface area contributed by atoms with Gasteiger partial charge in [0, 0.05) is 18.7 Å². The predicted molar refractivity (Wildman–Crippen MR) is 102 cm³/mol. The van der Waals surface area contributed by atoms with Crippen molar-refractivity contribution in [1.82, 2.24) is 19.1 Å². The average molecular weight is 356 g/mol. The zero-order valence-corrected chi connectivity index (χ0v) is 15.4. The number of fused-ring (bicyclic) bond motifs is 1. The van der Waals surface area contributed by atoms with Crippen molar-refractivity contribution in [2.24, 2.45) is 0 Å². The van der Waals surface area contributed by atoms with Gasteiger partial charge in [-0.2, -0.15) is 0 Å². The van der Waals surface area contributed by atoms with E-state index in [1.165, 1.54) is 0 Å². The molecule has 7 heteroatoms. The van der Waals surface area contributed by atoms with Crippen LogP contribution >= 0.6 is 0 Å². The molecule has 1 aromatic carbocycles. The van der Waals surface area contributed by atoms with Crippen LogP contribution in [0.15, 0.2) is 33.9 Å². The first-order valence-corrected chi connectivity index (χ1v) is 8.98. The lowest BCUT2D eigenvalue weighted by atomic mass is 10.2. The second-order valence-electron chi connectivity index (χ2n) is 6.25. The molecule has 26 heavy (non-hydrogen) atoms. The van der Waals surface area contributed by atoms with Gasteiger partial charge < -0.3 is 9.30 Å². The first-order valence-electron chi connectivity index (χ1n) is 8.98. The number of benzene rings is 1. The minimum absolute atomic E-state index is 0.388. The van der Waals surface area contributed by atoms with Gasteiger partial charge in [-0.15, -0.1) is 0 Å². The van der Waals surface area contributed by atoms with E-state index >= 15 is 0 Å². The molecule has 0 radical (unpaired) electrons. The quantitative estimate of drug-likeness (QED) is 0.706. The van der Waals surface area contributed by atoms with Crippen molar-refractivity contribution in [1.29, 1.82) is 0 Å². The Morgan fingerprint density at radius 1 is 1.04 bits per heavy atom. The van der Waals surface area contributed by atoms with E-state index in [9.17, 15) is 9.59 Å².